The molecule has 1 aromatic carbocycles. The van der Waals surface area contributed by atoms with Crippen LogP contribution >= 0.6 is 0 Å². The van der Waals surface area contributed by atoms with E-state index in [0.29, 0.717) is 57.9 Å². The number of nitrogens with one attached hydrogen (secondary N) is 1. The number of benzene rings is 1. The van der Waals surface area contributed by atoms with E-state index in [4.69, 9.17) is 4.74 Å². The minimum absolute atomic E-state index is 0.00647. The molecule has 0 spiro atoms. The lowest BCUT2D eigenvalue weighted by Crippen LogP contribution is -2.22. The Kier molecular flexibility index (Phi) is 16.4. The number of amides is 1. The smallest absolute Gasteiger partial charge is 0.306 e. The number of rotatable bonds is 20. The van der Waals surface area contributed by atoms with E-state index < -0.39 is 23.4 Å². The first-order valence-corrected chi connectivity index (χ1v) is 14.8. The van der Waals surface area contributed by atoms with Crippen LogP contribution < -0.4 is 5.32 Å². The third-order valence-electron chi connectivity index (χ3n) is 7.25. The summed E-state index contributed by atoms with van der Waals surface area (Å²) in [7, 11) is 0. The highest BCUT2D eigenvalue weighted by atomic mass is 16.9. The zero-order valence-corrected chi connectivity index (χ0v) is 24.1. The molecule has 1 aliphatic carbocycles. The second-order valence-electron chi connectivity index (χ2n) is 10.5. The number of carbonyl (C=O) groups excluding carboxylic acids is 2. The quantitative estimate of drug-likeness (QED) is 0.0679. The zero-order valence-electron chi connectivity index (χ0n) is 24.1. The Balaban J connectivity index is 1.93. The minimum atomic E-state index is -0.824. The number of hydrogen-bond acceptors (Lipinski definition) is 8. The molecule has 1 aromatic rings. The number of aliphatic hydroxyl groups is 2. The van der Waals surface area contributed by atoms with Crippen LogP contribution in [0.3, 0.4) is 0 Å². The Morgan fingerprint density at radius 3 is 2.61 bits per heavy atom. The van der Waals surface area contributed by atoms with Gasteiger partial charge < -0.3 is 25.1 Å². The monoisotopic (exact) mass is 574 g/mol. The first-order chi connectivity index (χ1) is 19.8. The van der Waals surface area contributed by atoms with E-state index in [9.17, 15) is 29.9 Å². The molecule has 0 heterocycles. The maximum absolute atomic E-state index is 12.6. The van der Waals surface area contributed by atoms with Gasteiger partial charge in [-0.15, -0.1) is 10.1 Å². The number of unbranched alkanes of at least 4 members (excludes halogenated alkanes) is 3. The first-order valence-electron chi connectivity index (χ1n) is 14.8. The lowest BCUT2D eigenvalue weighted by molar-refractivity contribution is -0.757. The zero-order chi connectivity index (χ0) is 29.9. The van der Waals surface area contributed by atoms with Gasteiger partial charge in [0.05, 0.1) is 18.8 Å². The molecule has 0 unspecified atom stereocenters. The van der Waals surface area contributed by atoms with Crippen molar-refractivity contribution in [2.75, 3.05) is 13.2 Å². The van der Waals surface area contributed by atoms with Crippen molar-refractivity contribution in [3.05, 3.63) is 70.3 Å². The number of hydrogen-bond donors (Lipinski definition) is 3. The Morgan fingerprint density at radius 1 is 1.10 bits per heavy atom. The van der Waals surface area contributed by atoms with E-state index >= 15 is 0 Å². The second kappa shape index (κ2) is 19.8. The van der Waals surface area contributed by atoms with Crippen LogP contribution in [0.4, 0.5) is 0 Å². The second-order valence-corrected chi connectivity index (χ2v) is 10.5. The largest absolute Gasteiger partial charge is 0.458 e. The SMILES string of the molecule is CCNC(=O)CCC/C=C\C[C@@H]1[C@@H](/C=C/[C@H](CCc2ccccc2)OC(=O)CCCCCO[N+](=O)[O-])[C@@H](O)C[C@@H]1O. The van der Waals surface area contributed by atoms with Crippen LogP contribution in [-0.2, 0) is 25.6 Å². The van der Waals surface area contributed by atoms with Gasteiger partial charge in [0.2, 0.25) is 5.91 Å². The molecule has 0 saturated heterocycles. The van der Waals surface area contributed by atoms with Crippen molar-refractivity contribution in [2.45, 2.75) is 95.9 Å². The highest BCUT2D eigenvalue weighted by Crippen LogP contribution is 2.36. The Morgan fingerprint density at radius 2 is 1.88 bits per heavy atom. The Labute approximate surface area is 242 Å². The Bertz CT molecular complexity index is 968. The lowest BCUT2D eigenvalue weighted by Gasteiger charge is -2.21. The summed E-state index contributed by atoms with van der Waals surface area (Å²) in [6, 6.07) is 9.91. The van der Waals surface area contributed by atoms with E-state index in [0.717, 1.165) is 18.4 Å². The molecular formula is C31H46N2O8. The van der Waals surface area contributed by atoms with Crippen LogP contribution in [0.15, 0.2) is 54.6 Å². The first kappa shape index (κ1) is 34.0. The predicted octanol–water partition coefficient (Wildman–Crippen LogP) is 4.47. The molecule has 1 fully saturated rings. The molecule has 2 rings (SSSR count). The summed E-state index contributed by atoms with van der Waals surface area (Å²) in [5, 5.41) is 33.5. The molecule has 10 heteroatoms. The maximum atomic E-state index is 12.6. The fourth-order valence-corrected chi connectivity index (χ4v) is 5.06. The molecule has 0 aromatic heterocycles. The molecular weight excluding hydrogens is 528 g/mol. The minimum Gasteiger partial charge on any atom is -0.458 e. The van der Waals surface area contributed by atoms with Crippen LogP contribution in [0.5, 0.6) is 0 Å². The van der Waals surface area contributed by atoms with Crippen molar-refractivity contribution in [1.29, 1.82) is 0 Å². The summed E-state index contributed by atoms with van der Waals surface area (Å²) in [5.74, 6) is -0.732. The highest BCUT2D eigenvalue weighted by molar-refractivity contribution is 5.75. The molecule has 1 aliphatic rings. The number of aryl methyl sites for hydroxylation is 1. The van der Waals surface area contributed by atoms with Gasteiger partial charge in [-0.3, -0.25) is 9.59 Å². The molecule has 3 N–H and O–H groups in total. The molecule has 5 atom stereocenters. The van der Waals surface area contributed by atoms with Crippen LogP contribution in [0.25, 0.3) is 0 Å². The van der Waals surface area contributed by atoms with E-state index in [1.54, 1.807) is 0 Å². The highest BCUT2D eigenvalue weighted by Gasteiger charge is 2.39. The van der Waals surface area contributed by atoms with Crippen molar-refractivity contribution in [3.8, 4) is 0 Å². The molecule has 1 amide bonds. The van der Waals surface area contributed by atoms with Gasteiger partial charge in [-0.25, -0.2) is 0 Å². The molecule has 0 bridgehead atoms. The van der Waals surface area contributed by atoms with Crippen molar-refractivity contribution < 1.29 is 34.5 Å². The number of aliphatic hydroxyl groups excluding tert-OH is 2. The fraction of sp³-hybridized carbons (Fsp3) is 0.613. The lowest BCUT2D eigenvalue weighted by atomic mass is 9.89. The molecule has 0 aliphatic heterocycles. The average Bonchev–Trinajstić information content (AvgIpc) is 3.21. The number of nitrogens with zero attached hydrogens (tertiary/aromatic N) is 1. The fourth-order valence-electron chi connectivity index (χ4n) is 5.06. The van der Waals surface area contributed by atoms with Crippen LogP contribution in [-0.4, -0.2) is 58.6 Å². The summed E-state index contributed by atoms with van der Waals surface area (Å²) in [6.07, 6.45) is 11.9. The predicted molar refractivity (Wildman–Crippen MR) is 155 cm³/mol. The summed E-state index contributed by atoms with van der Waals surface area (Å²) in [5.41, 5.74) is 1.12. The number of esters is 1. The molecule has 228 valence electrons. The van der Waals surface area contributed by atoms with Crippen molar-refractivity contribution >= 4 is 11.9 Å². The standard InChI is InChI=1S/C31H46N2O8/c1-2-32-30(36)16-10-4-3-9-15-26-27(29(35)23-28(26)34)21-20-25(19-18-24-13-7-5-8-14-24)41-31(37)17-11-6-12-22-40-33(38)39/h3,5,7-9,13-14,20-21,25-29,34-35H,2,4,6,10-12,15-19,22-23H2,1H3,(H,32,36)/b9-3-,21-20+/t25-,26+,27+,28-,29-/m0/s1. The summed E-state index contributed by atoms with van der Waals surface area (Å²) in [6.45, 7) is 2.52. The van der Waals surface area contributed by atoms with E-state index in [2.05, 4.69) is 10.2 Å². The van der Waals surface area contributed by atoms with Gasteiger partial charge in [0, 0.05) is 31.7 Å². The van der Waals surface area contributed by atoms with E-state index in [-0.39, 0.29) is 36.7 Å². The van der Waals surface area contributed by atoms with Gasteiger partial charge in [0.25, 0.3) is 5.09 Å². The van der Waals surface area contributed by atoms with Crippen molar-refractivity contribution in [1.82, 2.24) is 5.32 Å². The maximum Gasteiger partial charge on any atom is 0.306 e. The normalized spacial score (nSPS) is 21.2. The summed E-state index contributed by atoms with van der Waals surface area (Å²) in [4.78, 5) is 38.7. The summed E-state index contributed by atoms with van der Waals surface area (Å²) < 4.78 is 5.78. The van der Waals surface area contributed by atoms with Gasteiger partial charge in [-0.2, -0.15) is 0 Å². The number of ether oxygens (including phenoxy) is 1. The van der Waals surface area contributed by atoms with Gasteiger partial charge in [-0.05, 0) is 69.4 Å². The third kappa shape index (κ3) is 14.3. The van der Waals surface area contributed by atoms with Gasteiger partial charge in [0.15, 0.2) is 0 Å². The molecule has 41 heavy (non-hydrogen) atoms. The molecule has 10 nitrogen and oxygen atoms in total. The number of carbonyl (C=O) groups is 2. The van der Waals surface area contributed by atoms with Gasteiger partial charge in [0.1, 0.15) is 6.10 Å². The van der Waals surface area contributed by atoms with Gasteiger partial charge >= 0.3 is 5.97 Å². The summed E-state index contributed by atoms with van der Waals surface area (Å²) >= 11 is 0. The average molecular weight is 575 g/mol. The van der Waals surface area contributed by atoms with E-state index in [1.807, 2.05) is 61.6 Å². The number of allylic oxidation sites excluding steroid dienone is 2. The molecule has 1 saturated carbocycles. The van der Waals surface area contributed by atoms with Crippen molar-refractivity contribution in [3.63, 3.8) is 0 Å². The van der Waals surface area contributed by atoms with E-state index in [1.165, 1.54) is 0 Å². The van der Waals surface area contributed by atoms with Gasteiger partial charge in [-0.1, -0.05) is 55.0 Å². The van der Waals surface area contributed by atoms with Crippen LogP contribution in [0, 0.1) is 22.0 Å². The molecule has 0 radical (unpaired) electrons. The third-order valence-corrected chi connectivity index (χ3v) is 7.25. The van der Waals surface area contributed by atoms with Crippen molar-refractivity contribution in [2.24, 2.45) is 11.8 Å². The van der Waals surface area contributed by atoms with Crippen LogP contribution in [0.2, 0.25) is 0 Å². The van der Waals surface area contributed by atoms with Crippen LogP contribution in [0.1, 0.15) is 76.7 Å². The Hall–Kier alpha value is -3.24. The topological polar surface area (TPSA) is 148 Å².